The fourth-order valence-corrected chi connectivity index (χ4v) is 6.85. The van der Waals surface area contributed by atoms with E-state index >= 15 is 8.63 Å². The van der Waals surface area contributed by atoms with Crippen molar-refractivity contribution in [2.75, 3.05) is 0 Å². The van der Waals surface area contributed by atoms with E-state index in [4.69, 9.17) is 0 Å². The first-order chi connectivity index (χ1) is 14.1. The van der Waals surface area contributed by atoms with E-state index in [0.29, 0.717) is 22.8 Å². The highest BCUT2D eigenvalue weighted by Crippen LogP contribution is 2.49. The van der Waals surface area contributed by atoms with Crippen LogP contribution in [0.15, 0.2) is 44.0 Å². The minimum absolute atomic E-state index is 0.637. The Balaban J connectivity index is 2.29. The molecule has 0 bridgehead atoms. The lowest BCUT2D eigenvalue weighted by Gasteiger charge is -2.34. The van der Waals surface area contributed by atoms with Gasteiger partial charge in [-0.1, -0.05) is 51.8 Å². The number of halogens is 4. The van der Waals surface area contributed by atoms with Crippen LogP contribution in [-0.2, 0) is 6.42 Å². The fraction of sp³-hybridized carbons (Fsp3) is 0.348. The van der Waals surface area contributed by atoms with Crippen molar-refractivity contribution < 1.29 is 13.1 Å². The van der Waals surface area contributed by atoms with Crippen LogP contribution in [0.3, 0.4) is 0 Å². The summed E-state index contributed by atoms with van der Waals surface area (Å²) in [5.74, 6) is 0. The van der Waals surface area contributed by atoms with Crippen LogP contribution in [0.4, 0.5) is 8.63 Å². The molecule has 2 aliphatic heterocycles. The summed E-state index contributed by atoms with van der Waals surface area (Å²) in [5, 5.41) is 0. The molecule has 0 fully saturated rings. The van der Waals surface area contributed by atoms with Crippen LogP contribution in [0.25, 0.3) is 5.57 Å². The summed E-state index contributed by atoms with van der Waals surface area (Å²) in [5.41, 5.74) is 8.26. The minimum Gasteiger partial charge on any atom is -0.393 e. The molecule has 2 aromatic rings. The molecule has 0 atom stereocenters. The van der Waals surface area contributed by atoms with Gasteiger partial charge in [0.2, 0.25) is 0 Å². The zero-order valence-corrected chi connectivity index (χ0v) is 21.3. The molecule has 30 heavy (non-hydrogen) atoms. The molecule has 0 N–H and O–H groups in total. The topological polar surface area (TPSA) is 7.94 Å². The smallest absolute Gasteiger partial charge is 0.393 e. The van der Waals surface area contributed by atoms with Crippen LogP contribution in [-0.4, -0.2) is 21.6 Å². The molecule has 2 aliphatic rings. The molecule has 0 amide bonds. The summed E-state index contributed by atoms with van der Waals surface area (Å²) in [4.78, 5) is 0. The van der Waals surface area contributed by atoms with E-state index in [1.807, 2.05) is 59.7 Å². The van der Waals surface area contributed by atoms with Crippen molar-refractivity contribution in [3.05, 3.63) is 72.1 Å². The predicted molar refractivity (Wildman–Crippen MR) is 128 cm³/mol. The molecule has 0 saturated heterocycles. The zero-order chi connectivity index (χ0) is 22.1. The van der Waals surface area contributed by atoms with Gasteiger partial charge < -0.3 is 17.6 Å². The van der Waals surface area contributed by atoms with Gasteiger partial charge in [0.1, 0.15) is 5.71 Å². The van der Waals surface area contributed by atoms with E-state index in [9.17, 15) is 0 Å². The van der Waals surface area contributed by atoms with E-state index < -0.39 is 6.97 Å². The minimum atomic E-state index is -4.00. The zero-order valence-electron chi connectivity index (χ0n) is 18.1. The van der Waals surface area contributed by atoms with Crippen LogP contribution in [0.1, 0.15) is 62.2 Å². The normalized spacial score (nSPS) is 17.8. The molecular weight excluding hydrogens is 513 g/mol. The van der Waals surface area contributed by atoms with E-state index in [1.165, 1.54) is 8.96 Å². The molecular formula is C23H25BBr2F2N2. The van der Waals surface area contributed by atoms with Crippen molar-refractivity contribution in [2.24, 2.45) is 0 Å². The van der Waals surface area contributed by atoms with Crippen LogP contribution in [0.2, 0.25) is 0 Å². The highest BCUT2D eigenvalue weighted by atomic mass is 79.9. The third-order valence-corrected chi connectivity index (χ3v) is 8.03. The summed E-state index contributed by atoms with van der Waals surface area (Å²) < 4.78 is 36.8. The lowest BCUT2D eigenvalue weighted by molar-refractivity contribution is -0.363. The average molecular weight is 538 g/mol. The molecule has 0 radical (unpaired) electrons. The summed E-state index contributed by atoms with van der Waals surface area (Å²) in [6.45, 7) is 7.69. The van der Waals surface area contributed by atoms with E-state index in [-0.39, 0.29) is 0 Å². The highest BCUT2D eigenvalue weighted by molar-refractivity contribution is 9.11. The quantitative estimate of drug-likeness (QED) is 0.360. The van der Waals surface area contributed by atoms with Gasteiger partial charge in [-0.25, -0.2) is 0 Å². The van der Waals surface area contributed by atoms with E-state index in [2.05, 4.69) is 31.9 Å². The number of hydrogen-bond donors (Lipinski definition) is 0. The van der Waals surface area contributed by atoms with Gasteiger partial charge in [-0.05, 0) is 62.6 Å². The Morgan fingerprint density at radius 3 is 2.13 bits per heavy atom. The van der Waals surface area contributed by atoms with E-state index in [1.54, 1.807) is 0 Å². The molecule has 0 spiro atoms. The Morgan fingerprint density at radius 2 is 1.60 bits per heavy atom. The molecule has 0 saturated carbocycles. The molecule has 4 rings (SSSR count). The number of allylic oxidation sites excluding steroid dienone is 2. The largest absolute Gasteiger partial charge is 0.737 e. The summed E-state index contributed by atoms with van der Waals surface area (Å²) >= 11 is 7.39. The fourth-order valence-electron chi connectivity index (χ4n) is 5.45. The number of hydrogen-bond acceptors (Lipinski definition) is 0. The Labute approximate surface area is 193 Å². The van der Waals surface area contributed by atoms with Crippen LogP contribution >= 0.6 is 31.9 Å². The van der Waals surface area contributed by atoms with Crippen LogP contribution in [0.5, 0.6) is 0 Å². The van der Waals surface area contributed by atoms with Crippen molar-refractivity contribution in [3.8, 4) is 0 Å². The standard InChI is InChI=1S/C23H25BBr2F2N2/c1-7-16-12(3)22-21(20-18(25)10-9-11-19(20)26)23-13(4)17(8-2)15(6)30(23)24(27,28)29(22)14(16)5/h9-11H,7-8H2,1-6H3. The maximum absolute atomic E-state index is 16.2. The van der Waals surface area contributed by atoms with Crippen LogP contribution < -0.4 is 0 Å². The monoisotopic (exact) mass is 536 g/mol. The number of nitrogens with zero attached hydrogens (tertiary/aromatic N) is 2. The van der Waals surface area contributed by atoms with Gasteiger partial charge in [-0.3, -0.25) is 0 Å². The summed E-state index contributed by atoms with van der Waals surface area (Å²) in [6.07, 6.45) is 1.45. The second-order valence-corrected chi connectivity index (χ2v) is 9.79. The molecule has 158 valence electrons. The Kier molecular flexibility index (Phi) is 5.29. The second kappa shape index (κ2) is 7.30. The molecule has 0 aliphatic carbocycles. The van der Waals surface area contributed by atoms with Crippen molar-refractivity contribution in [1.82, 2.24) is 4.48 Å². The number of aromatic nitrogens is 1. The highest BCUT2D eigenvalue weighted by Gasteiger charge is 2.57. The van der Waals surface area contributed by atoms with E-state index in [0.717, 1.165) is 55.2 Å². The number of rotatable bonds is 3. The van der Waals surface area contributed by atoms with Gasteiger partial charge in [-0.15, -0.1) is 0 Å². The molecule has 0 unspecified atom stereocenters. The van der Waals surface area contributed by atoms with Crippen molar-refractivity contribution in [2.45, 2.75) is 54.4 Å². The lowest BCUT2D eigenvalue weighted by atomic mass is 9.83. The van der Waals surface area contributed by atoms with Gasteiger partial charge in [0, 0.05) is 38.3 Å². The van der Waals surface area contributed by atoms with Crippen LogP contribution in [0, 0.1) is 13.8 Å². The number of fused-ring (bicyclic) bond motifs is 2. The molecule has 1 aromatic heterocycles. The molecule has 7 heteroatoms. The Hall–Kier alpha value is -1.47. The first-order valence-corrected chi connectivity index (χ1v) is 11.9. The maximum Gasteiger partial charge on any atom is 0.737 e. The SMILES string of the molecule is CCC1=C(C)C2=C(c3c(Br)cccc3Br)c3c(C)c(CC)c(C)n3[B-](F)(F)[N+]2=C1C. The second-order valence-electron chi connectivity index (χ2n) is 8.08. The maximum atomic E-state index is 16.2. The number of benzene rings is 1. The van der Waals surface area contributed by atoms with Gasteiger partial charge >= 0.3 is 6.97 Å². The van der Waals surface area contributed by atoms with Gasteiger partial charge in [0.05, 0.1) is 5.57 Å². The predicted octanol–water partition coefficient (Wildman–Crippen LogP) is 7.40. The van der Waals surface area contributed by atoms with Crippen molar-refractivity contribution in [1.29, 1.82) is 0 Å². The molecule has 2 nitrogen and oxygen atoms in total. The van der Waals surface area contributed by atoms with Crippen molar-refractivity contribution in [3.63, 3.8) is 0 Å². The molecule has 3 heterocycles. The molecule has 1 aromatic carbocycles. The average Bonchev–Trinajstić information content (AvgIpc) is 3.08. The Bertz CT molecular complexity index is 1180. The first-order valence-electron chi connectivity index (χ1n) is 10.3. The van der Waals surface area contributed by atoms with Gasteiger partial charge in [0.25, 0.3) is 0 Å². The third kappa shape index (κ3) is 2.67. The first kappa shape index (κ1) is 21.8. The van der Waals surface area contributed by atoms with Gasteiger partial charge in [-0.2, -0.15) is 0 Å². The summed E-state index contributed by atoms with van der Waals surface area (Å²) in [6, 6.07) is 5.89. The lowest BCUT2D eigenvalue weighted by Crippen LogP contribution is -2.51. The summed E-state index contributed by atoms with van der Waals surface area (Å²) in [7, 11) is 0. The Morgan fingerprint density at radius 1 is 1.00 bits per heavy atom. The van der Waals surface area contributed by atoms with Gasteiger partial charge in [0.15, 0.2) is 5.70 Å². The third-order valence-electron chi connectivity index (χ3n) is 6.71. The van der Waals surface area contributed by atoms with Crippen molar-refractivity contribution >= 4 is 50.1 Å².